The molecule has 0 heterocycles. The molecule has 0 radical (unpaired) electrons. The summed E-state index contributed by atoms with van der Waals surface area (Å²) in [5, 5.41) is 22.4. The molecule has 0 saturated carbocycles. The lowest BCUT2D eigenvalue weighted by Crippen LogP contribution is -2.54. The number of nitrogens with zero attached hydrogens (tertiary/aromatic N) is 3. The van der Waals surface area contributed by atoms with Crippen LogP contribution in [0.4, 0.5) is 19.2 Å². The highest BCUT2D eigenvalue weighted by molar-refractivity contribution is 5.91. The summed E-state index contributed by atoms with van der Waals surface area (Å²) in [4.78, 5) is 93.3. The monoisotopic (exact) mass is 1000 g/mol. The molecule has 70 heavy (non-hydrogen) atoms. The largest absolute Gasteiger partial charge is 0.444 e. The number of alkyl carbamates (subject to hydrolysis) is 4. The Balaban J connectivity index is 5.75. The Hall–Kier alpha value is -5.32. The van der Waals surface area contributed by atoms with Gasteiger partial charge in [-0.2, -0.15) is 0 Å². The molecule has 0 bridgehead atoms. The first kappa shape index (κ1) is 64.7. The molecule has 0 rings (SSSR count). The third kappa shape index (κ3) is 39.5. The van der Waals surface area contributed by atoms with Crippen molar-refractivity contribution in [3.8, 4) is 0 Å². The van der Waals surface area contributed by atoms with Gasteiger partial charge in [0.1, 0.15) is 40.5 Å². The van der Waals surface area contributed by atoms with E-state index in [1.807, 2.05) is 0 Å². The number of rotatable bonds is 33. The van der Waals surface area contributed by atoms with E-state index in [9.17, 15) is 33.6 Å². The number of hydrogen-bond donors (Lipinski definition) is 7. The Bertz CT molecular complexity index is 1620. The van der Waals surface area contributed by atoms with Crippen LogP contribution in [0, 0.1) is 0 Å². The topological polar surface area (TPSA) is 317 Å². The Kier molecular flexibility index (Phi) is 32.2. The Morgan fingerprint density at radius 1 is 0.414 bits per heavy atom. The van der Waals surface area contributed by atoms with Gasteiger partial charge in [-0.25, -0.2) is 19.2 Å². The van der Waals surface area contributed by atoms with Crippen molar-refractivity contribution in [2.45, 2.75) is 181 Å². The van der Waals surface area contributed by atoms with Gasteiger partial charge in [0.05, 0.1) is 39.6 Å². The summed E-state index contributed by atoms with van der Waals surface area (Å²) in [5.74, 6) is -1.59. The van der Waals surface area contributed by atoms with Gasteiger partial charge in [-0.05, 0) is 146 Å². The lowest BCUT2D eigenvalue weighted by atomic mass is 10.1. The Morgan fingerprint density at radius 3 is 1.14 bits per heavy atom. The molecule has 0 aromatic heterocycles. The number of azide groups is 1. The maximum absolute atomic E-state index is 13.9. The fourth-order valence-corrected chi connectivity index (χ4v) is 5.80. The lowest BCUT2D eigenvalue weighted by molar-refractivity contribution is -0.130. The van der Waals surface area contributed by atoms with Crippen LogP contribution in [0.25, 0.3) is 10.4 Å². The van der Waals surface area contributed by atoms with Crippen LogP contribution in [0.5, 0.6) is 0 Å². The number of hydrogen-bond acceptors (Lipinski definition) is 15. The molecule has 24 heteroatoms. The van der Waals surface area contributed by atoms with E-state index in [0.29, 0.717) is 58.3 Å². The van der Waals surface area contributed by atoms with Gasteiger partial charge >= 0.3 is 24.4 Å². The van der Waals surface area contributed by atoms with Gasteiger partial charge in [0.15, 0.2) is 0 Å². The van der Waals surface area contributed by atoms with Gasteiger partial charge in [0.2, 0.25) is 17.7 Å². The zero-order valence-corrected chi connectivity index (χ0v) is 43.9. The molecule has 0 fully saturated rings. The normalized spacial score (nSPS) is 13.0. The van der Waals surface area contributed by atoms with Crippen LogP contribution in [0.1, 0.15) is 141 Å². The highest BCUT2D eigenvalue weighted by Gasteiger charge is 2.29. The van der Waals surface area contributed by atoms with Gasteiger partial charge in [-0.3, -0.25) is 14.4 Å². The van der Waals surface area contributed by atoms with Crippen molar-refractivity contribution in [2.24, 2.45) is 5.11 Å². The molecule has 0 aromatic carbocycles. The van der Waals surface area contributed by atoms with E-state index >= 15 is 0 Å². The van der Waals surface area contributed by atoms with Crippen LogP contribution < -0.4 is 37.2 Å². The minimum atomic E-state index is -1.10. The van der Waals surface area contributed by atoms with Crippen molar-refractivity contribution in [1.82, 2.24) is 37.2 Å². The molecular formula is C46H86N10O14. The molecule has 0 aliphatic heterocycles. The average molecular weight is 1000 g/mol. The average Bonchev–Trinajstić information content (AvgIpc) is 3.20. The first-order chi connectivity index (χ1) is 32.6. The van der Waals surface area contributed by atoms with Crippen LogP contribution in [-0.2, 0) is 47.5 Å². The molecule has 7 N–H and O–H groups in total. The SMILES string of the molecule is CC(C)(C)OC(=O)NCCCCC(NC(=O)OC(C)(C)C)C(=O)NCCCCC(NC(=O)C(CCCCNC(=O)OC(C)(C)C)NC(=O)OC(C)(C)C)C(=O)NCCOCCOCCOCCN=[N+]=[N-]. The zero-order chi connectivity index (χ0) is 53.2. The second kappa shape index (κ2) is 34.9. The molecule has 3 unspecified atom stereocenters. The van der Waals surface area contributed by atoms with Gasteiger partial charge in [-0.15, -0.1) is 0 Å². The lowest BCUT2D eigenvalue weighted by Gasteiger charge is -2.25. The van der Waals surface area contributed by atoms with Crippen molar-refractivity contribution in [2.75, 3.05) is 72.4 Å². The highest BCUT2D eigenvalue weighted by atomic mass is 16.6. The molecule has 7 amide bonds. The Morgan fingerprint density at radius 2 is 0.743 bits per heavy atom. The van der Waals surface area contributed by atoms with E-state index < -0.39 is 82.6 Å². The van der Waals surface area contributed by atoms with Gasteiger partial charge in [-0.1, -0.05) is 5.11 Å². The van der Waals surface area contributed by atoms with Crippen molar-refractivity contribution in [3.63, 3.8) is 0 Å². The van der Waals surface area contributed by atoms with E-state index in [1.165, 1.54) is 0 Å². The molecular weight excluding hydrogens is 917 g/mol. The maximum atomic E-state index is 13.9. The van der Waals surface area contributed by atoms with E-state index in [1.54, 1.807) is 83.1 Å². The van der Waals surface area contributed by atoms with Crippen LogP contribution in [0.3, 0.4) is 0 Å². The summed E-state index contributed by atoms with van der Waals surface area (Å²) < 4.78 is 37.6. The van der Waals surface area contributed by atoms with Crippen molar-refractivity contribution < 1.29 is 66.7 Å². The third-order valence-corrected chi connectivity index (χ3v) is 8.73. The number of ether oxygens (including phenoxy) is 7. The minimum Gasteiger partial charge on any atom is -0.444 e. The van der Waals surface area contributed by atoms with Crippen LogP contribution >= 0.6 is 0 Å². The second-order valence-electron chi connectivity index (χ2n) is 20.2. The molecule has 0 saturated heterocycles. The summed E-state index contributed by atoms with van der Waals surface area (Å²) in [7, 11) is 0. The molecule has 0 aliphatic carbocycles. The number of amides is 7. The predicted molar refractivity (Wildman–Crippen MR) is 261 cm³/mol. The zero-order valence-electron chi connectivity index (χ0n) is 43.9. The molecule has 404 valence electrons. The Labute approximate surface area is 414 Å². The predicted octanol–water partition coefficient (Wildman–Crippen LogP) is 5.41. The number of carbonyl (C=O) groups is 7. The molecule has 24 nitrogen and oxygen atoms in total. The first-order valence-electron chi connectivity index (χ1n) is 24.1. The summed E-state index contributed by atoms with van der Waals surface area (Å²) in [6.07, 6.45) is 0.407. The van der Waals surface area contributed by atoms with Crippen molar-refractivity contribution >= 4 is 42.1 Å². The van der Waals surface area contributed by atoms with Crippen LogP contribution in [0.2, 0.25) is 0 Å². The van der Waals surface area contributed by atoms with Gasteiger partial charge < -0.3 is 70.4 Å². The van der Waals surface area contributed by atoms with E-state index in [-0.39, 0.29) is 71.9 Å². The fraction of sp³-hybridized carbons (Fsp3) is 0.848. The molecule has 0 spiro atoms. The smallest absolute Gasteiger partial charge is 0.408 e. The third-order valence-electron chi connectivity index (χ3n) is 8.73. The minimum absolute atomic E-state index is 0.108. The van der Waals surface area contributed by atoms with Crippen LogP contribution in [0.15, 0.2) is 5.11 Å². The molecule has 0 aromatic rings. The second-order valence-corrected chi connectivity index (χ2v) is 20.2. The first-order valence-corrected chi connectivity index (χ1v) is 24.1. The highest BCUT2D eigenvalue weighted by Crippen LogP contribution is 2.12. The number of carbonyl (C=O) groups excluding carboxylic acids is 7. The summed E-state index contributed by atoms with van der Waals surface area (Å²) in [6.45, 7) is 23.3. The number of nitrogens with one attached hydrogen (secondary N) is 7. The van der Waals surface area contributed by atoms with Crippen LogP contribution in [-0.4, -0.2) is 155 Å². The molecule has 0 aliphatic rings. The maximum Gasteiger partial charge on any atom is 0.408 e. The van der Waals surface area contributed by atoms with Crippen molar-refractivity contribution in [3.05, 3.63) is 10.4 Å². The van der Waals surface area contributed by atoms with E-state index in [4.69, 9.17) is 38.7 Å². The quantitative estimate of drug-likeness (QED) is 0.0142. The molecule has 3 atom stereocenters. The van der Waals surface area contributed by atoms with Gasteiger partial charge in [0.25, 0.3) is 0 Å². The standard InChI is InChI=1S/C46H86N10O14/c1-43(2,3)67-39(60)50-23-17-14-20-34(54-41(62)69-45(7,8)9)37(58)48-22-16-13-19-33(36(57)49-25-27-64-29-31-66-32-30-65-28-26-52-56-47)53-38(59)35(55-42(63)70-46(10,11)12)21-15-18-24-51-40(61)68-44(4,5)6/h33-35H,13-32H2,1-12H3,(H,48,58)(H,49,57)(H,50,60)(H,51,61)(H,53,59)(H,54,62)(H,55,63). The van der Waals surface area contributed by atoms with E-state index in [2.05, 4.69) is 47.2 Å². The summed E-state index contributed by atoms with van der Waals surface area (Å²) in [6, 6.07) is -3.10. The number of unbranched alkanes of at least 4 members (excludes halogenated alkanes) is 3. The van der Waals surface area contributed by atoms with Gasteiger partial charge in [0, 0.05) is 37.6 Å². The summed E-state index contributed by atoms with van der Waals surface area (Å²) >= 11 is 0. The fourth-order valence-electron chi connectivity index (χ4n) is 5.80. The van der Waals surface area contributed by atoms with Crippen molar-refractivity contribution in [1.29, 1.82) is 0 Å². The van der Waals surface area contributed by atoms with E-state index in [0.717, 1.165) is 0 Å². The summed E-state index contributed by atoms with van der Waals surface area (Å²) in [5.41, 5.74) is 5.32.